The van der Waals surface area contributed by atoms with Crippen molar-refractivity contribution in [1.29, 1.82) is 0 Å². The standard InChI is InChI=1S/C18H17Cl2NO/c1-12-2-5-15(9-17(12)20)18(22)21-10-14(11-21)8-13-3-6-16(19)7-4-13/h2-7,9,14H,8,10-11H2,1H3. The number of amides is 1. The maximum atomic E-state index is 12.4. The van der Waals surface area contributed by atoms with Crippen molar-refractivity contribution in [3.63, 3.8) is 0 Å². The number of carbonyl (C=O) groups excluding carboxylic acids is 1. The number of rotatable bonds is 3. The van der Waals surface area contributed by atoms with Crippen molar-refractivity contribution in [3.8, 4) is 0 Å². The van der Waals surface area contributed by atoms with Crippen LogP contribution in [0.2, 0.25) is 10.0 Å². The molecule has 0 aromatic heterocycles. The SMILES string of the molecule is Cc1ccc(C(=O)N2CC(Cc3ccc(Cl)cc3)C2)cc1Cl. The lowest BCUT2D eigenvalue weighted by Gasteiger charge is -2.39. The molecule has 2 aromatic rings. The predicted molar refractivity (Wildman–Crippen MR) is 90.7 cm³/mol. The van der Waals surface area contributed by atoms with E-state index < -0.39 is 0 Å². The first kappa shape index (κ1) is 15.4. The molecule has 2 aromatic carbocycles. The van der Waals surface area contributed by atoms with Gasteiger partial charge in [-0.2, -0.15) is 0 Å². The Balaban J connectivity index is 1.57. The van der Waals surface area contributed by atoms with Crippen molar-refractivity contribution >= 4 is 29.1 Å². The lowest BCUT2D eigenvalue weighted by atomic mass is 9.91. The van der Waals surface area contributed by atoms with Crippen molar-refractivity contribution in [3.05, 3.63) is 69.2 Å². The molecular formula is C18H17Cl2NO. The average molecular weight is 334 g/mol. The van der Waals surface area contributed by atoms with E-state index >= 15 is 0 Å². The summed E-state index contributed by atoms with van der Waals surface area (Å²) in [4.78, 5) is 14.3. The Bertz CT molecular complexity index is 691. The van der Waals surface area contributed by atoms with E-state index in [2.05, 4.69) is 0 Å². The van der Waals surface area contributed by atoms with Crippen molar-refractivity contribution in [2.75, 3.05) is 13.1 Å². The fourth-order valence-electron chi connectivity index (χ4n) is 2.73. The first-order valence-electron chi connectivity index (χ1n) is 7.33. The van der Waals surface area contributed by atoms with E-state index in [1.807, 2.05) is 48.2 Å². The molecule has 22 heavy (non-hydrogen) atoms. The fourth-order valence-corrected chi connectivity index (χ4v) is 3.03. The topological polar surface area (TPSA) is 20.3 Å². The summed E-state index contributed by atoms with van der Waals surface area (Å²) in [6.07, 6.45) is 0.982. The smallest absolute Gasteiger partial charge is 0.253 e. The molecule has 3 rings (SSSR count). The molecule has 4 heteroatoms. The average Bonchev–Trinajstić information content (AvgIpc) is 2.46. The zero-order chi connectivity index (χ0) is 15.7. The fraction of sp³-hybridized carbons (Fsp3) is 0.278. The van der Waals surface area contributed by atoms with Crippen LogP contribution in [-0.2, 0) is 6.42 Å². The van der Waals surface area contributed by atoms with Gasteiger partial charge in [0.2, 0.25) is 0 Å². The molecule has 0 N–H and O–H groups in total. The number of carbonyl (C=O) groups is 1. The first-order chi connectivity index (χ1) is 10.5. The first-order valence-corrected chi connectivity index (χ1v) is 8.08. The van der Waals surface area contributed by atoms with Gasteiger partial charge in [0.15, 0.2) is 0 Å². The highest BCUT2D eigenvalue weighted by molar-refractivity contribution is 6.31. The van der Waals surface area contributed by atoms with Crippen molar-refractivity contribution < 1.29 is 4.79 Å². The van der Waals surface area contributed by atoms with E-state index in [-0.39, 0.29) is 5.91 Å². The van der Waals surface area contributed by atoms with Crippen LogP contribution in [0.1, 0.15) is 21.5 Å². The normalized spacial score (nSPS) is 14.8. The van der Waals surface area contributed by atoms with Gasteiger partial charge in [0.25, 0.3) is 5.91 Å². The highest BCUT2D eigenvalue weighted by Gasteiger charge is 2.31. The summed E-state index contributed by atoms with van der Waals surface area (Å²) in [7, 11) is 0. The highest BCUT2D eigenvalue weighted by Crippen LogP contribution is 2.25. The molecule has 114 valence electrons. The van der Waals surface area contributed by atoms with E-state index in [1.165, 1.54) is 5.56 Å². The lowest BCUT2D eigenvalue weighted by Crippen LogP contribution is -2.50. The third-order valence-electron chi connectivity index (χ3n) is 4.10. The van der Waals surface area contributed by atoms with Crippen LogP contribution in [0.4, 0.5) is 0 Å². The Morgan fingerprint density at radius 1 is 1.14 bits per heavy atom. The van der Waals surface area contributed by atoms with E-state index in [4.69, 9.17) is 23.2 Å². The largest absolute Gasteiger partial charge is 0.338 e. The minimum Gasteiger partial charge on any atom is -0.338 e. The van der Waals surface area contributed by atoms with Gasteiger partial charge in [-0.25, -0.2) is 0 Å². The van der Waals surface area contributed by atoms with Gasteiger partial charge in [-0.3, -0.25) is 4.79 Å². The predicted octanol–water partition coefficient (Wildman–Crippen LogP) is 4.62. The molecule has 0 atom stereocenters. The Labute approximate surface area is 140 Å². The molecule has 1 saturated heterocycles. The van der Waals surface area contributed by atoms with Gasteiger partial charge in [0.05, 0.1) is 0 Å². The van der Waals surface area contributed by atoms with Crippen LogP contribution < -0.4 is 0 Å². The zero-order valence-electron chi connectivity index (χ0n) is 12.4. The molecule has 0 radical (unpaired) electrons. The second kappa shape index (κ2) is 6.31. The van der Waals surface area contributed by atoms with Crippen molar-refractivity contribution in [1.82, 2.24) is 4.90 Å². The third-order valence-corrected chi connectivity index (χ3v) is 4.76. The summed E-state index contributed by atoms with van der Waals surface area (Å²) in [5, 5.41) is 1.40. The van der Waals surface area contributed by atoms with E-state index in [1.54, 1.807) is 6.07 Å². The number of halogens is 2. The Morgan fingerprint density at radius 2 is 1.82 bits per heavy atom. The summed E-state index contributed by atoms with van der Waals surface area (Å²) < 4.78 is 0. The monoisotopic (exact) mass is 333 g/mol. The molecule has 0 unspecified atom stereocenters. The van der Waals surface area contributed by atoms with Gasteiger partial charge in [0.1, 0.15) is 0 Å². The maximum Gasteiger partial charge on any atom is 0.253 e. The molecular weight excluding hydrogens is 317 g/mol. The molecule has 0 saturated carbocycles. The molecule has 2 nitrogen and oxygen atoms in total. The van der Waals surface area contributed by atoms with E-state index in [0.717, 1.165) is 30.1 Å². The maximum absolute atomic E-state index is 12.4. The molecule has 1 amide bonds. The Morgan fingerprint density at radius 3 is 2.45 bits per heavy atom. The molecule has 0 spiro atoms. The quantitative estimate of drug-likeness (QED) is 0.802. The minimum atomic E-state index is 0.0641. The van der Waals surface area contributed by atoms with Crippen LogP contribution in [0, 0.1) is 12.8 Å². The Kier molecular flexibility index (Phi) is 4.42. The number of likely N-dealkylation sites (tertiary alicyclic amines) is 1. The lowest BCUT2D eigenvalue weighted by molar-refractivity contribution is 0.0501. The molecule has 1 heterocycles. The van der Waals surface area contributed by atoms with Gasteiger partial charge in [-0.15, -0.1) is 0 Å². The van der Waals surface area contributed by atoms with Gasteiger partial charge in [0, 0.05) is 28.7 Å². The van der Waals surface area contributed by atoms with Gasteiger partial charge >= 0.3 is 0 Å². The van der Waals surface area contributed by atoms with Crippen LogP contribution in [0.15, 0.2) is 42.5 Å². The molecule has 1 aliphatic rings. The summed E-state index contributed by atoms with van der Waals surface area (Å²) in [6, 6.07) is 13.4. The van der Waals surface area contributed by atoms with Crippen molar-refractivity contribution in [2.45, 2.75) is 13.3 Å². The number of nitrogens with zero attached hydrogens (tertiary/aromatic N) is 1. The summed E-state index contributed by atoms with van der Waals surface area (Å²) in [5.41, 5.74) is 2.92. The molecule has 0 bridgehead atoms. The number of hydrogen-bond acceptors (Lipinski definition) is 1. The third kappa shape index (κ3) is 3.29. The summed E-state index contributed by atoms with van der Waals surface area (Å²) >= 11 is 12.0. The summed E-state index contributed by atoms with van der Waals surface area (Å²) in [5.74, 6) is 0.584. The molecule has 0 aliphatic carbocycles. The van der Waals surface area contributed by atoms with Gasteiger partial charge < -0.3 is 4.90 Å². The van der Waals surface area contributed by atoms with E-state index in [0.29, 0.717) is 16.5 Å². The van der Waals surface area contributed by atoms with Gasteiger partial charge in [-0.05, 0) is 54.7 Å². The van der Waals surface area contributed by atoms with Crippen LogP contribution >= 0.6 is 23.2 Å². The number of aryl methyl sites for hydroxylation is 1. The van der Waals surface area contributed by atoms with E-state index in [9.17, 15) is 4.79 Å². The summed E-state index contributed by atoms with van der Waals surface area (Å²) in [6.45, 7) is 3.53. The minimum absolute atomic E-state index is 0.0641. The zero-order valence-corrected chi connectivity index (χ0v) is 13.9. The second-order valence-corrected chi connectivity index (χ2v) is 6.71. The van der Waals surface area contributed by atoms with Crippen LogP contribution in [0.3, 0.4) is 0 Å². The van der Waals surface area contributed by atoms with Crippen LogP contribution in [-0.4, -0.2) is 23.9 Å². The van der Waals surface area contributed by atoms with Crippen LogP contribution in [0.5, 0.6) is 0 Å². The molecule has 1 fully saturated rings. The highest BCUT2D eigenvalue weighted by atomic mass is 35.5. The van der Waals surface area contributed by atoms with Crippen molar-refractivity contribution in [2.24, 2.45) is 5.92 Å². The Hall–Kier alpha value is -1.51. The number of benzene rings is 2. The van der Waals surface area contributed by atoms with Crippen LogP contribution in [0.25, 0.3) is 0 Å². The number of hydrogen-bond donors (Lipinski definition) is 0. The molecule has 1 aliphatic heterocycles. The second-order valence-electron chi connectivity index (χ2n) is 5.87. The van der Waals surface area contributed by atoms with Gasteiger partial charge in [-0.1, -0.05) is 41.4 Å².